The van der Waals surface area contributed by atoms with Crippen LogP contribution in [0.2, 0.25) is 0 Å². The third kappa shape index (κ3) is 7.40. The van der Waals surface area contributed by atoms with Gasteiger partial charge in [-0.25, -0.2) is 22.2 Å². The molecule has 0 spiro atoms. The third-order valence-corrected chi connectivity index (χ3v) is 9.25. The highest BCUT2D eigenvalue weighted by atomic mass is 32.2. The van der Waals surface area contributed by atoms with E-state index >= 15 is 0 Å². The molecule has 0 atom stereocenters. The fraction of sp³-hybridized carbons (Fsp3) is 0.375. The van der Waals surface area contributed by atoms with Gasteiger partial charge < -0.3 is 5.32 Å². The van der Waals surface area contributed by atoms with Crippen molar-refractivity contribution < 1.29 is 17.6 Å². The molecule has 41 heavy (non-hydrogen) atoms. The fourth-order valence-corrected chi connectivity index (χ4v) is 6.71. The highest BCUT2D eigenvalue weighted by Crippen LogP contribution is 2.30. The number of nitrogens with zero attached hydrogens (tertiary/aromatic N) is 2. The van der Waals surface area contributed by atoms with Crippen molar-refractivity contribution in [2.24, 2.45) is 5.92 Å². The van der Waals surface area contributed by atoms with Crippen LogP contribution in [0.1, 0.15) is 74.3 Å². The third-order valence-electron chi connectivity index (χ3n) is 7.93. The maximum absolute atomic E-state index is 13.5. The molecule has 1 amide bonds. The lowest BCUT2D eigenvalue weighted by Crippen LogP contribution is -2.31. The van der Waals surface area contributed by atoms with Crippen molar-refractivity contribution in [2.45, 2.75) is 64.2 Å². The second-order valence-corrected chi connectivity index (χ2v) is 12.7. The summed E-state index contributed by atoms with van der Waals surface area (Å²) in [5.74, 6) is -0.162. The zero-order chi connectivity index (χ0) is 28.8. The molecule has 1 fully saturated rings. The molecular formula is C32H37FN4O3S. The number of halogens is 1. The van der Waals surface area contributed by atoms with Gasteiger partial charge in [0.2, 0.25) is 10.0 Å². The van der Waals surface area contributed by atoms with Crippen LogP contribution in [0.4, 0.5) is 4.39 Å². The summed E-state index contributed by atoms with van der Waals surface area (Å²) < 4.78 is 43.2. The Morgan fingerprint density at radius 1 is 1.02 bits per heavy atom. The largest absolute Gasteiger partial charge is 0.348 e. The number of fused-ring (bicyclic) bond motifs is 1. The molecule has 1 heterocycles. The van der Waals surface area contributed by atoms with Gasteiger partial charge in [0, 0.05) is 24.2 Å². The van der Waals surface area contributed by atoms with Gasteiger partial charge in [0.05, 0.1) is 23.3 Å². The average Bonchev–Trinajstić information content (AvgIpc) is 3.29. The summed E-state index contributed by atoms with van der Waals surface area (Å²) in [5.41, 5.74) is 5.51. The summed E-state index contributed by atoms with van der Waals surface area (Å²) in [6, 6.07) is 13.4. The molecule has 2 aliphatic carbocycles. The molecule has 3 aromatic rings. The van der Waals surface area contributed by atoms with Gasteiger partial charge in [-0.05, 0) is 73.1 Å². The summed E-state index contributed by atoms with van der Waals surface area (Å²) >= 11 is 0. The molecule has 0 bridgehead atoms. The second-order valence-electron chi connectivity index (χ2n) is 10.9. The summed E-state index contributed by atoms with van der Waals surface area (Å²) in [6.07, 6.45) is 12.9. The molecule has 216 valence electrons. The highest BCUT2D eigenvalue weighted by molar-refractivity contribution is 7.88. The zero-order valence-corrected chi connectivity index (χ0v) is 24.2. The van der Waals surface area contributed by atoms with E-state index in [-0.39, 0.29) is 17.5 Å². The van der Waals surface area contributed by atoms with E-state index in [0.717, 1.165) is 41.7 Å². The first kappa shape index (κ1) is 29.0. The first-order chi connectivity index (χ1) is 19.8. The quantitative estimate of drug-likeness (QED) is 0.314. The molecule has 7 nitrogen and oxygen atoms in total. The predicted molar refractivity (Wildman–Crippen MR) is 160 cm³/mol. The van der Waals surface area contributed by atoms with Crippen LogP contribution in [0, 0.1) is 11.7 Å². The first-order valence-corrected chi connectivity index (χ1v) is 16.0. The maximum Gasteiger partial charge on any atom is 0.251 e. The van der Waals surface area contributed by atoms with E-state index in [1.165, 1.54) is 31.4 Å². The number of rotatable bonds is 10. The maximum atomic E-state index is 13.5. The Bertz CT molecular complexity index is 1530. The number of hydrogen-bond donors (Lipinski definition) is 2. The smallest absolute Gasteiger partial charge is 0.251 e. The van der Waals surface area contributed by atoms with Gasteiger partial charge in [-0.1, -0.05) is 62.1 Å². The Hall–Kier alpha value is -3.56. The molecule has 0 radical (unpaired) electrons. The normalized spacial score (nSPS) is 16.0. The number of aromatic nitrogens is 2. The van der Waals surface area contributed by atoms with Crippen LogP contribution in [0.3, 0.4) is 0 Å². The standard InChI is InChI=1S/C32H37FN4O3S/c1-2-23-12-17-29(30-21-35-37(31(30)18-23)28-15-13-27(33)14-16-28)32(38)34-19-25-8-10-26(11-9-25)22-41(39,40)36-20-24-6-4-3-5-7-24/h8-11,13-18,21,24,36H,2-7,12,19-20,22H2,1H3,(H,34,38). The first-order valence-electron chi connectivity index (χ1n) is 14.4. The van der Waals surface area contributed by atoms with Gasteiger partial charge in [0.15, 0.2) is 0 Å². The van der Waals surface area contributed by atoms with Crippen molar-refractivity contribution >= 4 is 27.6 Å². The van der Waals surface area contributed by atoms with E-state index in [9.17, 15) is 17.6 Å². The van der Waals surface area contributed by atoms with Crippen LogP contribution < -0.4 is 10.0 Å². The van der Waals surface area contributed by atoms with E-state index in [0.29, 0.717) is 42.3 Å². The predicted octanol–water partition coefficient (Wildman–Crippen LogP) is 5.91. The van der Waals surface area contributed by atoms with Crippen molar-refractivity contribution in [3.63, 3.8) is 0 Å². The van der Waals surface area contributed by atoms with Crippen molar-refractivity contribution in [1.29, 1.82) is 0 Å². The van der Waals surface area contributed by atoms with Crippen molar-refractivity contribution in [3.05, 3.63) is 94.6 Å². The number of allylic oxidation sites excluding steroid dienone is 2. The molecule has 0 aliphatic heterocycles. The molecular weight excluding hydrogens is 539 g/mol. The van der Waals surface area contributed by atoms with Gasteiger partial charge >= 0.3 is 0 Å². The SMILES string of the molecule is CCC1=Cc2c(cnn2-c2ccc(F)cc2)C(C(=O)NCc2ccc(CS(=O)(=O)NCC3CCCCC3)cc2)=CC1. The van der Waals surface area contributed by atoms with Gasteiger partial charge in [-0.15, -0.1) is 0 Å². The van der Waals surface area contributed by atoms with Gasteiger partial charge in [0.1, 0.15) is 5.82 Å². The van der Waals surface area contributed by atoms with E-state index in [2.05, 4.69) is 28.1 Å². The van der Waals surface area contributed by atoms with E-state index < -0.39 is 10.0 Å². The minimum absolute atomic E-state index is 0.0627. The van der Waals surface area contributed by atoms with Crippen LogP contribution in [0.15, 0.2) is 66.4 Å². The van der Waals surface area contributed by atoms with Crippen LogP contribution in [-0.2, 0) is 27.1 Å². The molecule has 5 rings (SSSR count). The summed E-state index contributed by atoms with van der Waals surface area (Å²) in [7, 11) is -3.40. The Morgan fingerprint density at radius 3 is 2.44 bits per heavy atom. The van der Waals surface area contributed by atoms with Crippen LogP contribution in [-0.4, -0.2) is 30.7 Å². The van der Waals surface area contributed by atoms with Crippen molar-refractivity contribution in [1.82, 2.24) is 19.8 Å². The van der Waals surface area contributed by atoms with Crippen molar-refractivity contribution in [3.8, 4) is 5.69 Å². The number of amides is 1. The molecule has 2 aromatic carbocycles. The fourth-order valence-electron chi connectivity index (χ4n) is 5.49. The average molecular weight is 577 g/mol. The number of carbonyl (C=O) groups excluding carboxylic acids is 1. The lowest BCUT2D eigenvalue weighted by atomic mass is 9.90. The lowest BCUT2D eigenvalue weighted by Gasteiger charge is -2.21. The molecule has 1 aromatic heterocycles. The highest BCUT2D eigenvalue weighted by Gasteiger charge is 2.22. The number of hydrogen-bond acceptors (Lipinski definition) is 4. The summed E-state index contributed by atoms with van der Waals surface area (Å²) in [6.45, 7) is 2.89. The topological polar surface area (TPSA) is 93.1 Å². The Labute approximate surface area is 241 Å². The lowest BCUT2D eigenvalue weighted by molar-refractivity contribution is -0.115. The molecule has 0 saturated heterocycles. The van der Waals surface area contributed by atoms with Gasteiger partial charge in [-0.3, -0.25) is 4.79 Å². The summed E-state index contributed by atoms with van der Waals surface area (Å²) in [4.78, 5) is 13.4. The molecule has 2 aliphatic rings. The number of sulfonamides is 1. The number of nitrogens with one attached hydrogen (secondary N) is 2. The van der Waals surface area contributed by atoms with Crippen LogP contribution in [0.25, 0.3) is 17.3 Å². The van der Waals surface area contributed by atoms with Gasteiger partial charge in [-0.2, -0.15) is 5.10 Å². The molecule has 1 saturated carbocycles. The number of carbonyl (C=O) groups is 1. The minimum Gasteiger partial charge on any atom is -0.348 e. The Balaban J connectivity index is 1.22. The monoisotopic (exact) mass is 576 g/mol. The Kier molecular flexibility index (Phi) is 9.15. The van der Waals surface area contributed by atoms with Crippen LogP contribution in [0.5, 0.6) is 0 Å². The van der Waals surface area contributed by atoms with E-state index in [1.54, 1.807) is 35.1 Å². The zero-order valence-electron chi connectivity index (χ0n) is 23.4. The van der Waals surface area contributed by atoms with Crippen molar-refractivity contribution in [2.75, 3.05) is 6.54 Å². The molecule has 9 heteroatoms. The van der Waals surface area contributed by atoms with E-state index in [1.807, 2.05) is 18.2 Å². The number of benzene rings is 2. The molecule has 2 N–H and O–H groups in total. The summed E-state index contributed by atoms with van der Waals surface area (Å²) in [5, 5.41) is 7.52. The Morgan fingerprint density at radius 2 is 1.73 bits per heavy atom. The van der Waals surface area contributed by atoms with Gasteiger partial charge in [0.25, 0.3) is 5.91 Å². The van der Waals surface area contributed by atoms with Crippen LogP contribution >= 0.6 is 0 Å². The second kappa shape index (κ2) is 13.0. The molecule has 0 unspecified atom stereocenters. The van der Waals surface area contributed by atoms with E-state index in [4.69, 9.17) is 0 Å². The minimum atomic E-state index is -3.40.